The minimum absolute atomic E-state index is 0.000507. The number of benzene rings is 2. The van der Waals surface area contributed by atoms with E-state index in [2.05, 4.69) is 37.1 Å². The molecule has 0 aliphatic carbocycles. The summed E-state index contributed by atoms with van der Waals surface area (Å²) in [6, 6.07) is 8.20. The van der Waals surface area contributed by atoms with E-state index >= 15 is 0 Å². The summed E-state index contributed by atoms with van der Waals surface area (Å²) in [5.74, 6) is 0. The summed E-state index contributed by atoms with van der Waals surface area (Å²) in [6.45, 7) is 12.0. The van der Waals surface area contributed by atoms with Crippen molar-refractivity contribution in [1.29, 1.82) is 0 Å². The van der Waals surface area contributed by atoms with E-state index in [0.29, 0.717) is 38.9 Å². The van der Waals surface area contributed by atoms with Crippen molar-refractivity contribution in [3.05, 3.63) is 116 Å². The van der Waals surface area contributed by atoms with Gasteiger partial charge in [-0.2, -0.15) is 0 Å². The van der Waals surface area contributed by atoms with Crippen LogP contribution in [0.1, 0.15) is 44.8 Å². The fourth-order valence-electron chi connectivity index (χ4n) is 7.95. The average Bonchev–Trinajstić information content (AvgIpc) is 3.79. The minimum atomic E-state index is -0.000507. The summed E-state index contributed by atoms with van der Waals surface area (Å²) in [4.78, 5) is 24.1. The highest BCUT2D eigenvalue weighted by Gasteiger charge is 2.31. The van der Waals surface area contributed by atoms with Gasteiger partial charge < -0.3 is 15.0 Å². The first kappa shape index (κ1) is 40.9. The molecule has 0 fully saturated rings. The number of fused-ring (bicyclic) bond motifs is 9. The number of hydrogen-bond donors (Lipinski definition) is 3. The van der Waals surface area contributed by atoms with Gasteiger partial charge in [0.05, 0.1) is 84.6 Å². The quantitative estimate of drug-likeness (QED) is 0.154. The van der Waals surface area contributed by atoms with Crippen LogP contribution in [0.5, 0.6) is 0 Å². The molecular weight excluding hydrogens is 931 g/mol. The van der Waals surface area contributed by atoms with Gasteiger partial charge in [-0.3, -0.25) is 0 Å². The molecule has 57 heavy (non-hydrogen) atoms. The second-order valence-corrected chi connectivity index (χ2v) is 17.7. The summed E-state index contributed by atoms with van der Waals surface area (Å²) in [5, 5.41) is 1.04. The van der Waals surface area contributed by atoms with Crippen LogP contribution in [0, 0.1) is 41.5 Å². The number of hydrogen-bond acceptors (Lipinski definition) is 3. The summed E-state index contributed by atoms with van der Waals surface area (Å²) >= 11 is 71.7. The zero-order valence-electron chi connectivity index (χ0n) is 30.5. The van der Waals surface area contributed by atoms with Gasteiger partial charge in [-0.1, -0.05) is 151 Å². The van der Waals surface area contributed by atoms with Gasteiger partial charge in [0, 0.05) is 16.7 Å². The van der Waals surface area contributed by atoms with Gasteiger partial charge >= 0.3 is 0 Å². The summed E-state index contributed by atoms with van der Waals surface area (Å²) in [7, 11) is 0. The minimum Gasteiger partial charge on any atom is -0.352 e. The fourth-order valence-corrected chi connectivity index (χ4v) is 10.3. The number of rotatable bonds is 3. The van der Waals surface area contributed by atoms with Crippen molar-refractivity contribution in [1.82, 2.24) is 29.9 Å². The molecule has 290 valence electrons. The third kappa shape index (κ3) is 6.42. The Bertz CT molecular complexity index is 3030. The van der Waals surface area contributed by atoms with Crippen molar-refractivity contribution in [3.63, 3.8) is 0 Å². The summed E-state index contributed by atoms with van der Waals surface area (Å²) in [5.41, 5.74) is 11.4. The molecular formula is C41H26Cl10N6. The highest BCUT2D eigenvalue weighted by atomic mass is 35.5. The lowest BCUT2D eigenvalue weighted by atomic mass is 9.92. The lowest BCUT2D eigenvalue weighted by molar-refractivity contribution is 1.17. The van der Waals surface area contributed by atoms with Crippen molar-refractivity contribution in [3.8, 4) is 33.4 Å². The SMILES string of the molecule is Cc1cc(C)c(-c2c3nc(c4[nH]c(c(Cl)c4Cl)c(-c4c(C)cc(C)cc4C)c4[nH]c(c(Cl)c4Cl)c(-c4c(Cl)ncnc4Cl)c4[nH]c2c(Cl)c4Cl)C(Cl)=C3Cl)c(C)c1. The maximum absolute atomic E-state index is 7.32. The highest BCUT2D eigenvalue weighted by Crippen LogP contribution is 2.52. The molecule has 2 aromatic carbocycles. The maximum atomic E-state index is 7.32. The molecule has 0 spiro atoms. The van der Waals surface area contributed by atoms with Crippen LogP contribution >= 0.6 is 116 Å². The van der Waals surface area contributed by atoms with Gasteiger partial charge in [0.1, 0.15) is 22.3 Å². The first-order valence-electron chi connectivity index (χ1n) is 17.1. The van der Waals surface area contributed by atoms with Gasteiger partial charge in [0.25, 0.3) is 0 Å². The first-order chi connectivity index (χ1) is 26.9. The predicted octanol–water partition coefficient (Wildman–Crippen LogP) is 16.7. The maximum Gasteiger partial charge on any atom is 0.141 e. The van der Waals surface area contributed by atoms with E-state index in [0.717, 1.165) is 44.5 Å². The normalized spacial score (nSPS) is 12.5. The van der Waals surface area contributed by atoms with Crippen LogP contribution < -0.4 is 0 Å². The largest absolute Gasteiger partial charge is 0.352 e. The van der Waals surface area contributed by atoms with Gasteiger partial charge in [-0.15, -0.1) is 0 Å². The number of halogens is 10. The third-order valence-electron chi connectivity index (χ3n) is 10.1. The van der Waals surface area contributed by atoms with E-state index in [4.69, 9.17) is 121 Å². The van der Waals surface area contributed by atoms with E-state index in [1.807, 2.05) is 53.7 Å². The first-order valence-corrected chi connectivity index (χ1v) is 20.9. The van der Waals surface area contributed by atoms with Crippen LogP contribution in [0.25, 0.3) is 76.5 Å². The molecule has 0 saturated heterocycles. The Hall–Kier alpha value is -2.85. The van der Waals surface area contributed by atoms with Crippen LogP contribution in [-0.2, 0) is 0 Å². The standard InChI is InChI=1S/C41H26Cl10N6/c1-12-7-14(3)18(15(4)8-12)20-32-24(42)26(44)36(54-32)22(23-40(50)52-11-53-41(23)51)37-27(45)25(43)33(55-37)21(19-16(5)9-13(2)10-17(19)6)35-29(47)31(49)39(57-35)38-30(48)28(46)34(20)56-38/h7-11,54-56H,1-6H3. The molecule has 1 aliphatic rings. The van der Waals surface area contributed by atoms with E-state index in [1.165, 1.54) is 6.33 Å². The Labute approximate surface area is 376 Å². The van der Waals surface area contributed by atoms with Crippen molar-refractivity contribution in [2.75, 3.05) is 0 Å². The molecule has 1 aliphatic heterocycles. The molecule has 0 unspecified atom stereocenters. The van der Waals surface area contributed by atoms with Gasteiger partial charge in [-0.05, 0) is 74.9 Å². The molecule has 5 aromatic heterocycles. The number of aryl methyl sites for hydroxylation is 6. The third-order valence-corrected chi connectivity index (χ3v) is 14.0. The van der Waals surface area contributed by atoms with Crippen LogP contribution in [0.2, 0.25) is 40.4 Å². The number of aromatic amines is 3. The molecule has 16 heteroatoms. The molecule has 0 radical (unpaired) electrons. The molecule has 8 bridgehead atoms. The van der Waals surface area contributed by atoms with Crippen LogP contribution in [0.3, 0.4) is 0 Å². The monoisotopic (exact) mass is 952 g/mol. The number of nitrogens with one attached hydrogen (secondary N) is 3. The van der Waals surface area contributed by atoms with Gasteiger partial charge in [0.15, 0.2) is 0 Å². The van der Waals surface area contributed by atoms with E-state index in [9.17, 15) is 0 Å². The van der Waals surface area contributed by atoms with Crippen molar-refractivity contribution in [2.24, 2.45) is 0 Å². The molecule has 6 heterocycles. The molecule has 6 nitrogen and oxygen atoms in total. The van der Waals surface area contributed by atoms with Gasteiger partial charge in [0.2, 0.25) is 0 Å². The Kier molecular flexibility index (Phi) is 10.8. The Morgan fingerprint density at radius 1 is 0.368 bits per heavy atom. The zero-order valence-corrected chi connectivity index (χ0v) is 38.1. The van der Waals surface area contributed by atoms with E-state index in [-0.39, 0.29) is 78.4 Å². The lowest BCUT2D eigenvalue weighted by Crippen LogP contribution is -1.95. The Morgan fingerprint density at radius 2 is 0.684 bits per heavy atom. The fraction of sp³-hybridized carbons (Fsp3) is 0.146. The number of aromatic nitrogens is 6. The van der Waals surface area contributed by atoms with Crippen LogP contribution in [-0.4, -0.2) is 29.9 Å². The summed E-state index contributed by atoms with van der Waals surface area (Å²) in [6.07, 6.45) is 1.24. The molecule has 0 saturated carbocycles. The molecule has 3 N–H and O–H groups in total. The number of nitrogens with zero attached hydrogens (tertiary/aromatic N) is 3. The van der Waals surface area contributed by atoms with Crippen molar-refractivity contribution >= 4 is 159 Å². The number of H-pyrrole nitrogens is 3. The highest BCUT2D eigenvalue weighted by molar-refractivity contribution is 6.67. The molecule has 7 aromatic rings. The smallest absolute Gasteiger partial charge is 0.141 e. The average molecular weight is 957 g/mol. The van der Waals surface area contributed by atoms with E-state index < -0.39 is 0 Å². The van der Waals surface area contributed by atoms with Crippen LogP contribution in [0.15, 0.2) is 30.6 Å². The second-order valence-electron chi connectivity index (χ2n) is 13.9. The molecule has 8 rings (SSSR count). The zero-order chi connectivity index (χ0) is 41.1. The Morgan fingerprint density at radius 3 is 1.11 bits per heavy atom. The lowest BCUT2D eigenvalue weighted by Gasteiger charge is -2.14. The molecule has 0 amide bonds. The summed E-state index contributed by atoms with van der Waals surface area (Å²) < 4.78 is 0. The van der Waals surface area contributed by atoms with Crippen molar-refractivity contribution < 1.29 is 0 Å². The van der Waals surface area contributed by atoms with E-state index in [1.54, 1.807) is 0 Å². The predicted molar refractivity (Wildman–Crippen MR) is 245 cm³/mol. The van der Waals surface area contributed by atoms with Crippen LogP contribution in [0.4, 0.5) is 0 Å². The topological polar surface area (TPSA) is 86.0 Å². The van der Waals surface area contributed by atoms with Gasteiger partial charge in [-0.25, -0.2) is 15.0 Å². The second kappa shape index (κ2) is 15.0. The molecule has 0 atom stereocenters. The van der Waals surface area contributed by atoms with Crippen molar-refractivity contribution in [2.45, 2.75) is 41.5 Å². The Balaban J connectivity index is 1.78.